The minimum absolute atomic E-state index is 0.0120. The number of aliphatic hydroxyl groups excluding tert-OH is 1. The van der Waals surface area contributed by atoms with Gasteiger partial charge in [0.05, 0.1) is 19.3 Å². The van der Waals surface area contributed by atoms with E-state index in [1.54, 1.807) is 7.11 Å². The molecule has 4 heteroatoms. The minimum atomic E-state index is -0.557. The van der Waals surface area contributed by atoms with Gasteiger partial charge in [-0.25, -0.2) is 0 Å². The van der Waals surface area contributed by atoms with E-state index in [2.05, 4.69) is 5.32 Å². The maximum Gasteiger partial charge on any atom is 0.224 e. The summed E-state index contributed by atoms with van der Waals surface area (Å²) in [5.74, 6) is 1.12. The fraction of sp³-hybridized carbons (Fsp3) is 0.533. The molecule has 1 aromatic rings. The van der Waals surface area contributed by atoms with E-state index in [1.807, 2.05) is 38.1 Å². The van der Waals surface area contributed by atoms with Crippen LogP contribution < -0.4 is 10.1 Å². The van der Waals surface area contributed by atoms with Crippen molar-refractivity contribution in [2.24, 2.45) is 5.92 Å². The fourth-order valence-corrected chi connectivity index (χ4v) is 2.19. The number of hydrogen-bond donors (Lipinski definition) is 2. The van der Waals surface area contributed by atoms with Crippen LogP contribution in [0.15, 0.2) is 24.3 Å². The molecule has 2 atom stereocenters. The van der Waals surface area contributed by atoms with E-state index in [4.69, 9.17) is 9.84 Å². The van der Waals surface area contributed by atoms with Crippen molar-refractivity contribution >= 4 is 5.91 Å². The van der Waals surface area contributed by atoms with Gasteiger partial charge >= 0.3 is 0 Å². The Labute approximate surface area is 113 Å². The van der Waals surface area contributed by atoms with Crippen LogP contribution in [-0.4, -0.2) is 30.3 Å². The summed E-state index contributed by atoms with van der Waals surface area (Å²) in [6.45, 7) is 3.57. The predicted octanol–water partition coefficient (Wildman–Crippen LogP) is 1.69. The molecule has 4 nitrogen and oxygen atoms in total. The molecule has 0 saturated heterocycles. The highest BCUT2D eigenvalue weighted by atomic mass is 16.5. The van der Waals surface area contributed by atoms with Crippen LogP contribution in [0.4, 0.5) is 0 Å². The predicted molar refractivity (Wildman–Crippen MR) is 73.1 cm³/mol. The average Bonchev–Trinajstić information content (AvgIpc) is 3.19. The maximum absolute atomic E-state index is 12.1. The number of carbonyl (C=O) groups is 1. The highest BCUT2D eigenvalue weighted by Gasteiger charge is 2.45. The third-order valence-electron chi connectivity index (χ3n) is 3.51. The number of ether oxygens (including phenoxy) is 1. The zero-order valence-corrected chi connectivity index (χ0v) is 11.6. The van der Waals surface area contributed by atoms with Crippen LogP contribution >= 0.6 is 0 Å². The van der Waals surface area contributed by atoms with Crippen molar-refractivity contribution in [1.29, 1.82) is 0 Å². The van der Waals surface area contributed by atoms with Gasteiger partial charge in [0, 0.05) is 5.92 Å². The lowest BCUT2D eigenvalue weighted by molar-refractivity contribution is -0.124. The highest BCUT2D eigenvalue weighted by molar-refractivity contribution is 5.83. The first kappa shape index (κ1) is 13.9. The summed E-state index contributed by atoms with van der Waals surface area (Å²) < 4.78 is 5.19. The lowest BCUT2D eigenvalue weighted by atomic mass is 10.1. The van der Waals surface area contributed by atoms with Crippen molar-refractivity contribution in [3.05, 3.63) is 29.8 Å². The summed E-state index contributed by atoms with van der Waals surface area (Å²) in [5.41, 5.74) is 0.583. The molecule has 19 heavy (non-hydrogen) atoms. The summed E-state index contributed by atoms with van der Waals surface area (Å²) >= 11 is 0. The van der Waals surface area contributed by atoms with Crippen LogP contribution in [0.2, 0.25) is 0 Å². The van der Waals surface area contributed by atoms with Crippen LogP contribution in [0.5, 0.6) is 5.75 Å². The van der Waals surface area contributed by atoms with Crippen molar-refractivity contribution < 1.29 is 14.6 Å². The number of methoxy groups -OCH3 is 1. The Morgan fingerprint density at radius 2 is 2.26 bits per heavy atom. The number of aliphatic hydroxyl groups is 1. The smallest absolute Gasteiger partial charge is 0.224 e. The number of carbonyl (C=O) groups excluding carboxylic acids is 1. The zero-order chi connectivity index (χ0) is 14.0. The van der Waals surface area contributed by atoms with Crippen LogP contribution in [0.3, 0.4) is 0 Å². The second-order valence-electron chi connectivity index (χ2n) is 5.76. The summed E-state index contributed by atoms with van der Waals surface area (Å²) in [6, 6.07) is 7.85. The second kappa shape index (κ2) is 5.21. The molecule has 0 aromatic heterocycles. The molecule has 1 amide bonds. The summed E-state index contributed by atoms with van der Waals surface area (Å²) in [4.78, 5) is 12.1. The monoisotopic (exact) mass is 263 g/mol. The number of nitrogens with one attached hydrogen (secondary N) is 1. The van der Waals surface area contributed by atoms with Crippen molar-refractivity contribution in [2.75, 3.05) is 13.7 Å². The topological polar surface area (TPSA) is 58.6 Å². The van der Waals surface area contributed by atoms with Gasteiger partial charge in [-0.3, -0.25) is 4.79 Å². The Bertz CT molecular complexity index is 470. The second-order valence-corrected chi connectivity index (χ2v) is 5.76. The molecular formula is C15H21NO3. The van der Waals surface area contributed by atoms with Gasteiger partial charge in [-0.2, -0.15) is 0 Å². The summed E-state index contributed by atoms with van der Waals surface area (Å²) in [5, 5.41) is 12.0. The van der Waals surface area contributed by atoms with Gasteiger partial charge in [0.15, 0.2) is 0 Å². The van der Waals surface area contributed by atoms with Gasteiger partial charge < -0.3 is 15.2 Å². The van der Waals surface area contributed by atoms with Gasteiger partial charge in [-0.05, 0) is 43.9 Å². The van der Waals surface area contributed by atoms with E-state index >= 15 is 0 Å². The molecule has 1 aromatic carbocycles. The minimum Gasteiger partial charge on any atom is -0.497 e. The Hall–Kier alpha value is -1.55. The van der Waals surface area contributed by atoms with E-state index in [9.17, 15) is 4.79 Å². The van der Waals surface area contributed by atoms with Gasteiger partial charge in [0.25, 0.3) is 0 Å². The number of amides is 1. The molecule has 1 aliphatic rings. The van der Waals surface area contributed by atoms with Gasteiger partial charge in [-0.1, -0.05) is 12.1 Å². The van der Waals surface area contributed by atoms with Crippen LogP contribution in [-0.2, 0) is 4.79 Å². The van der Waals surface area contributed by atoms with Gasteiger partial charge in [0.2, 0.25) is 5.91 Å². The molecule has 104 valence electrons. The molecule has 0 heterocycles. The van der Waals surface area contributed by atoms with E-state index in [0.717, 1.165) is 17.7 Å². The first-order valence-corrected chi connectivity index (χ1v) is 6.53. The van der Waals surface area contributed by atoms with Crippen molar-refractivity contribution in [3.8, 4) is 5.75 Å². The molecule has 0 radical (unpaired) electrons. The zero-order valence-electron chi connectivity index (χ0n) is 11.6. The Balaban J connectivity index is 1.98. The Kier molecular flexibility index (Phi) is 3.80. The molecule has 0 spiro atoms. The molecule has 2 rings (SSSR count). The fourth-order valence-electron chi connectivity index (χ4n) is 2.19. The average molecular weight is 263 g/mol. The normalized spacial score (nSPS) is 21.9. The van der Waals surface area contributed by atoms with E-state index in [1.165, 1.54) is 0 Å². The lowest BCUT2D eigenvalue weighted by Crippen LogP contribution is -2.47. The number of rotatable bonds is 5. The molecule has 2 N–H and O–H groups in total. The number of hydrogen-bond acceptors (Lipinski definition) is 3. The summed E-state index contributed by atoms with van der Waals surface area (Å²) in [6.07, 6.45) is 0.862. The largest absolute Gasteiger partial charge is 0.497 e. The quantitative estimate of drug-likeness (QED) is 0.850. The van der Waals surface area contributed by atoms with Gasteiger partial charge in [-0.15, -0.1) is 0 Å². The Morgan fingerprint density at radius 1 is 1.53 bits per heavy atom. The molecule has 1 fully saturated rings. The number of benzene rings is 1. The Morgan fingerprint density at radius 3 is 2.89 bits per heavy atom. The van der Waals surface area contributed by atoms with Crippen LogP contribution in [0, 0.1) is 5.92 Å². The van der Waals surface area contributed by atoms with Crippen molar-refractivity contribution in [2.45, 2.75) is 31.7 Å². The first-order chi connectivity index (χ1) is 8.96. The van der Waals surface area contributed by atoms with Crippen LogP contribution in [0.25, 0.3) is 0 Å². The van der Waals surface area contributed by atoms with Crippen LogP contribution in [0.1, 0.15) is 31.7 Å². The molecule has 0 aliphatic heterocycles. The summed E-state index contributed by atoms with van der Waals surface area (Å²) in [7, 11) is 1.64. The maximum atomic E-state index is 12.1. The lowest BCUT2D eigenvalue weighted by Gasteiger charge is -2.23. The third-order valence-corrected chi connectivity index (χ3v) is 3.51. The first-order valence-electron chi connectivity index (χ1n) is 6.53. The van der Waals surface area contributed by atoms with E-state index in [0.29, 0.717) is 0 Å². The molecule has 1 aliphatic carbocycles. The highest BCUT2D eigenvalue weighted by Crippen LogP contribution is 2.48. The molecule has 0 bridgehead atoms. The molecular weight excluding hydrogens is 242 g/mol. The third kappa shape index (κ3) is 3.26. The van der Waals surface area contributed by atoms with E-state index in [-0.39, 0.29) is 24.3 Å². The van der Waals surface area contributed by atoms with Crippen molar-refractivity contribution in [1.82, 2.24) is 5.32 Å². The standard InChI is InChI=1S/C15H21NO3/c1-15(2,9-17)16-14(18)13-8-12(13)10-5-4-6-11(7-10)19-3/h4-7,12-13,17H,8-9H2,1-3H3,(H,16,18). The molecule has 2 unspecified atom stereocenters. The van der Waals surface area contributed by atoms with E-state index < -0.39 is 5.54 Å². The van der Waals surface area contributed by atoms with Gasteiger partial charge in [0.1, 0.15) is 5.75 Å². The SMILES string of the molecule is COc1cccc(C2CC2C(=O)NC(C)(C)CO)c1. The molecule has 1 saturated carbocycles. The van der Waals surface area contributed by atoms with Crippen molar-refractivity contribution in [3.63, 3.8) is 0 Å².